The number of hydrogen-bond donors (Lipinski definition) is 2. The molecule has 1 amide bonds. The summed E-state index contributed by atoms with van der Waals surface area (Å²) < 4.78 is 25.5. The van der Waals surface area contributed by atoms with Gasteiger partial charge in [0, 0.05) is 45.1 Å². The van der Waals surface area contributed by atoms with Crippen molar-refractivity contribution in [2.45, 2.75) is 4.90 Å². The zero-order valence-corrected chi connectivity index (χ0v) is 15.3. The number of nitrogens with zero attached hydrogens (tertiary/aromatic N) is 3. The average Bonchev–Trinajstić information content (AvgIpc) is 2.59. The predicted octanol–water partition coefficient (Wildman–Crippen LogP) is 1.22. The van der Waals surface area contributed by atoms with E-state index in [-0.39, 0.29) is 15.5 Å². The fourth-order valence-corrected chi connectivity index (χ4v) is 3.28. The molecule has 1 aromatic carbocycles. The Kier molecular flexibility index (Phi) is 6.29. The van der Waals surface area contributed by atoms with Crippen LogP contribution in [0, 0.1) is 0 Å². The number of carbonyl (C=O) groups is 1. The third kappa shape index (κ3) is 4.88. The number of benzene rings is 1. The molecule has 8 nitrogen and oxygen atoms in total. The van der Waals surface area contributed by atoms with Crippen LogP contribution >= 0.6 is 11.6 Å². The summed E-state index contributed by atoms with van der Waals surface area (Å²) in [6.07, 6.45) is 3.21. The van der Waals surface area contributed by atoms with Crippen LogP contribution in [-0.4, -0.2) is 55.8 Å². The van der Waals surface area contributed by atoms with Gasteiger partial charge in [-0.25, -0.2) is 22.7 Å². The van der Waals surface area contributed by atoms with Crippen LogP contribution in [0.3, 0.4) is 0 Å². The Morgan fingerprint density at radius 1 is 1.20 bits per heavy atom. The summed E-state index contributed by atoms with van der Waals surface area (Å²) in [4.78, 5) is 20.1. The monoisotopic (exact) mass is 383 g/mol. The lowest BCUT2D eigenvalue weighted by Crippen LogP contribution is -2.29. The van der Waals surface area contributed by atoms with E-state index in [4.69, 9.17) is 11.6 Å². The van der Waals surface area contributed by atoms with E-state index < -0.39 is 15.9 Å². The Labute approximate surface area is 151 Å². The molecule has 0 bridgehead atoms. The molecule has 10 heteroatoms. The molecule has 0 aliphatic carbocycles. The van der Waals surface area contributed by atoms with Gasteiger partial charge in [0.25, 0.3) is 5.91 Å². The van der Waals surface area contributed by atoms with E-state index in [9.17, 15) is 13.2 Å². The van der Waals surface area contributed by atoms with Gasteiger partial charge < -0.3 is 10.6 Å². The fraction of sp³-hybridized carbons (Fsp3) is 0.267. The number of hydrogen-bond acceptors (Lipinski definition) is 6. The van der Waals surface area contributed by atoms with Crippen molar-refractivity contribution in [2.24, 2.45) is 0 Å². The van der Waals surface area contributed by atoms with Crippen molar-refractivity contribution in [3.05, 3.63) is 47.2 Å². The van der Waals surface area contributed by atoms with Crippen molar-refractivity contribution < 1.29 is 13.2 Å². The molecule has 0 saturated heterocycles. The Bertz CT molecular complexity index is 844. The van der Waals surface area contributed by atoms with Gasteiger partial charge in [0.05, 0.1) is 5.02 Å². The molecular weight excluding hydrogens is 366 g/mol. The van der Waals surface area contributed by atoms with Crippen LogP contribution in [0.4, 0.5) is 5.95 Å². The molecular formula is C15H18ClN5O3S. The molecule has 0 unspecified atom stereocenters. The minimum atomic E-state index is -3.73. The molecule has 1 aromatic heterocycles. The lowest BCUT2D eigenvalue weighted by Gasteiger charge is -2.14. The summed E-state index contributed by atoms with van der Waals surface area (Å²) in [6.45, 7) is 0.738. The van der Waals surface area contributed by atoms with Gasteiger partial charge in [0.15, 0.2) is 0 Å². The van der Waals surface area contributed by atoms with Crippen molar-refractivity contribution >= 4 is 33.5 Å². The van der Waals surface area contributed by atoms with Gasteiger partial charge in [-0.05, 0) is 24.3 Å². The summed E-state index contributed by atoms with van der Waals surface area (Å²) in [5.41, 5.74) is 0.209. The summed E-state index contributed by atoms with van der Waals surface area (Å²) >= 11 is 5.96. The highest BCUT2D eigenvalue weighted by Gasteiger charge is 2.22. The first-order valence-corrected chi connectivity index (χ1v) is 9.15. The van der Waals surface area contributed by atoms with Crippen molar-refractivity contribution in [3.8, 4) is 0 Å². The SMILES string of the molecule is CN(C)S(=O)(=O)c1cc(C(=O)NCCNc2ncccn2)ccc1Cl. The van der Waals surface area contributed by atoms with Crippen LogP contribution in [0.1, 0.15) is 10.4 Å². The lowest BCUT2D eigenvalue weighted by molar-refractivity contribution is 0.0955. The first-order chi connectivity index (χ1) is 11.8. The molecule has 0 aliphatic heterocycles. The molecule has 0 atom stereocenters. The van der Waals surface area contributed by atoms with Crippen LogP contribution in [0.2, 0.25) is 5.02 Å². The van der Waals surface area contributed by atoms with Crippen LogP contribution in [-0.2, 0) is 10.0 Å². The van der Waals surface area contributed by atoms with Gasteiger partial charge in [-0.3, -0.25) is 4.79 Å². The van der Waals surface area contributed by atoms with Crippen molar-refractivity contribution in [3.63, 3.8) is 0 Å². The van der Waals surface area contributed by atoms with E-state index in [0.29, 0.717) is 19.0 Å². The van der Waals surface area contributed by atoms with Gasteiger partial charge in [-0.1, -0.05) is 11.6 Å². The Morgan fingerprint density at radius 2 is 1.88 bits per heavy atom. The number of aromatic nitrogens is 2. The van der Waals surface area contributed by atoms with Gasteiger partial charge in [-0.2, -0.15) is 0 Å². The largest absolute Gasteiger partial charge is 0.352 e. The van der Waals surface area contributed by atoms with Gasteiger partial charge in [0.2, 0.25) is 16.0 Å². The molecule has 25 heavy (non-hydrogen) atoms. The molecule has 1 heterocycles. The first-order valence-electron chi connectivity index (χ1n) is 7.33. The van der Waals surface area contributed by atoms with Gasteiger partial charge in [-0.15, -0.1) is 0 Å². The Hall–Kier alpha value is -2.23. The van der Waals surface area contributed by atoms with Crippen LogP contribution in [0.25, 0.3) is 0 Å². The zero-order chi connectivity index (χ0) is 18.4. The zero-order valence-electron chi connectivity index (χ0n) is 13.7. The second kappa shape index (κ2) is 8.24. The topological polar surface area (TPSA) is 104 Å². The summed E-state index contributed by atoms with van der Waals surface area (Å²) in [5, 5.41) is 5.70. The molecule has 0 spiro atoms. The van der Waals surface area contributed by atoms with E-state index in [1.54, 1.807) is 18.5 Å². The minimum Gasteiger partial charge on any atom is -0.352 e. The first kappa shape index (κ1) is 19.1. The van der Waals surface area contributed by atoms with Gasteiger partial charge >= 0.3 is 0 Å². The Morgan fingerprint density at radius 3 is 2.52 bits per heavy atom. The van der Waals surface area contributed by atoms with Gasteiger partial charge in [0.1, 0.15) is 4.90 Å². The number of sulfonamides is 1. The lowest BCUT2D eigenvalue weighted by atomic mass is 10.2. The number of rotatable bonds is 7. The molecule has 0 aliphatic rings. The molecule has 134 valence electrons. The minimum absolute atomic E-state index is 0.0631. The third-order valence-electron chi connectivity index (χ3n) is 3.21. The number of anilines is 1. The highest BCUT2D eigenvalue weighted by atomic mass is 35.5. The molecule has 2 rings (SSSR count). The number of halogens is 1. The maximum Gasteiger partial charge on any atom is 0.251 e. The second-order valence-corrected chi connectivity index (χ2v) is 7.72. The number of carbonyl (C=O) groups excluding carboxylic acids is 1. The molecule has 0 radical (unpaired) electrons. The second-order valence-electron chi connectivity index (χ2n) is 5.19. The summed E-state index contributed by atoms with van der Waals surface area (Å²) in [7, 11) is -0.935. The van der Waals surface area contributed by atoms with E-state index in [1.165, 1.54) is 32.3 Å². The Balaban J connectivity index is 2.00. The highest BCUT2D eigenvalue weighted by molar-refractivity contribution is 7.89. The third-order valence-corrected chi connectivity index (χ3v) is 5.51. The normalized spacial score (nSPS) is 11.4. The van der Waals surface area contributed by atoms with E-state index >= 15 is 0 Å². The number of nitrogens with one attached hydrogen (secondary N) is 2. The maximum atomic E-state index is 12.2. The van der Waals surface area contributed by atoms with Crippen molar-refractivity contribution in [1.29, 1.82) is 0 Å². The predicted molar refractivity (Wildman–Crippen MR) is 95.2 cm³/mol. The van der Waals surface area contributed by atoms with Crippen molar-refractivity contribution in [2.75, 3.05) is 32.5 Å². The van der Waals surface area contributed by atoms with E-state index in [2.05, 4.69) is 20.6 Å². The van der Waals surface area contributed by atoms with E-state index in [1.807, 2.05) is 0 Å². The quantitative estimate of drug-likeness (QED) is 0.697. The molecule has 2 aromatic rings. The van der Waals surface area contributed by atoms with E-state index in [0.717, 1.165) is 4.31 Å². The summed E-state index contributed by atoms with van der Waals surface area (Å²) in [6, 6.07) is 5.83. The standard InChI is InChI=1S/C15H18ClN5O3S/c1-21(2)25(23,24)13-10-11(4-5-12(13)16)14(22)17-8-9-20-15-18-6-3-7-19-15/h3-7,10H,8-9H2,1-2H3,(H,17,22)(H,18,19,20). The van der Waals surface area contributed by atoms with Crippen LogP contribution < -0.4 is 10.6 Å². The molecule has 2 N–H and O–H groups in total. The molecule has 0 fully saturated rings. The smallest absolute Gasteiger partial charge is 0.251 e. The van der Waals surface area contributed by atoms with Crippen LogP contribution in [0.5, 0.6) is 0 Å². The number of amides is 1. The van der Waals surface area contributed by atoms with Crippen molar-refractivity contribution in [1.82, 2.24) is 19.6 Å². The fourth-order valence-electron chi connectivity index (χ4n) is 1.88. The maximum absolute atomic E-state index is 12.2. The molecule has 0 saturated carbocycles. The highest BCUT2D eigenvalue weighted by Crippen LogP contribution is 2.24. The van der Waals surface area contributed by atoms with Crippen LogP contribution in [0.15, 0.2) is 41.6 Å². The summed E-state index contributed by atoms with van der Waals surface area (Å²) in [5.74, 6) is 0.0604. The average molecular weight is 384 g/mol.